The van der Waals surface area contributed by atoms with Gasteiger partial charge in [-0.05, 0) is 44.7 Å². The molecule has 6 nitrogen and oxygen atoms in total. The average Bonchev–Trinajstić information content (AvgIpc) is 2.91. The van der Waals surface area contributed by atoms with E-state index >= 15 is 0 Å². The number of carbonyl (C=O) groups excluding carboxylic acids is 2. The van der Waals surface area contributed by atoms with Gasteiger partial charge in [-0.1, -0.05) is 30.3 Å². The van der Waals surface area contributed by atoms with Crippen molar-refractivity contribution in [3.8, 4) is 0 Å². The lowest BCUT2D eigenvalue weighted by Crippen LogP contribution is -2.22. The van der Waals surface area contributed by atoms with Crippen LogP contribution < -0.4 is 5.32 Å². The molecule has 0 radical (unpaired) electrons. The number of nitrogens with zero attached hydrogens (tertiary/aromatic N) is 1. The van der Waals surface area contributed by atoms with Gasteiger partial charge in [-0.3, -0.25) is 9.59 Å². The van der Waals surface area contributed by atoms with Crippen LogP contribution in [-0.4, -0.2) is 23.6 Å². The number of rotatable bonds is 7. The molecule has 2 aromatic rings. The molecule has 2 rings (SSSR count). The van der Waals surface area contributed by atoms with Crippen LogP contribution in [0.2, 0.25) is 0 Å². The lowest BCUT2D eigenvalue weighted by atomic mass is 10.1. The van der Waals surface area contributed by atoms with Crippen molar-refractivity contribution >= 4 is 17.6 Å². The Morgan fingerprint density at radius 1 is 1.24 bits per heavy atom. The molecule has 1 heterocycles. The molecule has 0 saturated carbocycles. The molecule has 1 amide bonds. The summed E-state index contributed by atoms with van der Waals surface area (Å²) in [4.78, 5) is 23.9. The van der Waals surface area contributed by atoms with Gasteiger partial charge in [0.25, 0.3) is 5.91 Å². The summed E-state index contributed by atoms with van der Waals surface area (Å²) in [7, 11) is 0. The molecule has 0 fully saturated rings. The summed E-state index contributed by atoms with van der Waals surface area (Å²) in [5.41, 5.74) is 4.51. The summed E-state index contributed by atoms with van der Waals surface area (Å²) in [6.07, 6.45) is 1.48. The highest BCUT2D eigenvalue weighted by molar-refractivity contribution is 5.94. The number of para-hydroxylation sites is 1. The summed E-state index contributed by atoms with van der Waals surface area (Å²) in [5, 5.41) is 6.68. The molecular formula is C19H24N2O4. The van der Waals surface area contributed by atoms with Crippen molar-refractivity contribution in [1.82, 2.24) is 5.16 Å². The van der Waals surface area contributed by atoms with E-state index in [2.05, 4.69) is 10.5 Å². The number of aryl methyl sites for hydroxylation is 4. The van der Waals surface area contributed by atoms with Gasteiger partial charge in [0.15, 0.2) is 6.61 Å². The second-order valence-electron chi connectivity index (χ2n) is 5.97. The molecule has 0 spiro atoms. The quantitative estimate of drug-likeness (QED) is 0.780. The first kappa shape index (κ1) is 18.7. The fraction of sp³-hybridized carbons (Fsp3) is 0.421. The Balaban J connectivity index is 1.83. The van der Waals surface area contributed by atoms with Gasteiger partial charge >= 0.3 is 5.97 Å². The minimum Gasteiger partial charge on any atom is -0.456 e. The number of amides is 1. The molecule has 1 aromatic heterocycles. The average molecular weight is 344 g/mol. The molecule has 25 heavy (non-hydrogen) atoms. The highest BCUT2D eigenvalue weighted by Gasteiger charge is 2.14. The Morgan fingerprint density at radius 2 is 2.00 bits per heavy atom. The fourth-order valence-electron chi connectivity index (χ4n) is 2.68. The van der Waals surface area contributed by atoms with E-state index in [1.807, 2.05) is 45.9 Å². The number of aromatic nitrogens is 1. The van der Waals surface area contributed by atoms with Crippen LogP contribution in [0.3, 0.4) is 0 Å². The smallest absolute Gasteiger partial charge is 0.306 e. The maximum atomic E-state index is 12.1. The van der Waals surface area contributed by atoms with Crippen LogP contribution in [0.4, 0.5) is 5.69 Å². The van der Waals surface area contributed by atoms with E-state index in [0.29, 0.717) is 12.2 Å². The molecule has 0 aliphatic carbocycles. The summed E-state index contributed by atoms with van der Waals surface area (Å²) >= 11 is 0. The first-order valence-electron chi connectivity index (χ1n) is 8.38. The van der Waals surface area contributed by atoms with E-state index in [1.165, 1.54) is 0 Å². The van der Waals surface area contributed by atoms with Gasteiger partial charge in [0.1, 0.15) is 5.76 Å². The maximum absolute atomic E-state index is 12.1. The van der Waals surface area contributed by atoms with Crippen molar-refractivity contribution in [3.05, 3.63) is 46.3 Å². The number of ether oxygens (including phenoxy) is 1. The molecule has 1 aromatic carbocycles. The largest absolute Gasteiger partial charge is 0.456 e. The van der Waals surface area contributed by atoms with E-state index in [0.717, 1.165) is 34.5 Å². The Bertz CT molecular complexity index is 745. The minimum absolute atomic E-state index is 0.181. The normalized spacial score (nSPS) is 10.6. The zero-order valence-corrected chi connectivity index (χ0v) is 15.1. The zero-order valence-electron chi connectivity index (χ0n) is 15.1. The standard InChI is InChI=1S/C19H24N2O4/c1-5-15-8-6-7-12(2)19(15)20-17(22)11-24-18(23)10-9-16-13(3)21-25-14(16)4/h6-8H,5,9-11H2,1-4H3,(H,20,22). The molecule has 0 atom stereocenters. The van der Waals surface area contributed by atoms with Crippen molar-refractivity contribution in [2.45, 2.75) is 47.0 Å². The molecule has 0 saturated heterocycles. The van der Waals surface area contributed by atoms with Crippen LogP contribution >= 0.6 is 0 Å². The van der Waals surface area contributed by atoms with Gasteiger partial charge in [0.05, 0.1) is 5.69 Å². The Kier molecular flexibility index (Phi) is 6.33. The molecule has 0 unspecified atom stereocenters. The van der Waals surface area contributed by atoms with Gasteiger partial charge < -0.3 is 14.6 Å². The molecular weight excluding hydrogens is 320 g/mol. The number of hydrogen-bond donors (Lipinski definition) is 1. The third-order valence-electron chi connectivity index (χ3n) is 4.13. The number of nitrogens with one attached hydrogen (secondary N) is 1. The lowest BCUT2D eigenvalue weighted by Gasteiger charge is -2.13. The van der Waals surface area contributed by atoms with Gasteiger partial charge in [-0.15, -0.1) is 0 Å². The van der Waals surface area contributed by atoms with Crippen LogP contribution in [-0.2, 0) is 27.2 Å². The van der Waals surface area contributed by atoms with Crippen LogP contribution in [0.5, 0.6) is 0 Å². The first-order chi connectivity index (χ1) is 11.9. The SMILES string of the molecule is CCc1cccc(C)c1NC(=O)COC(=O)CCc1c(C)noc1C. The number of carbonyl (C=O) groups is 2. The molecule has 0 aliphatic rings. The summed E-state index contributed by atoms with van der Waals surface area (Å²) in [6.45, 7) is 7.31. The zero-order chi connectivity index (χ0) is 18.4. The third kappa shape index (κ3) is 4.92. The van der Waals surface area contributed by atoms with E-state index < -0.39 is 5.97 Å². The molecule has 1 N–H and O–H groups in total. The molecule has 0 bridgehead atoms. The van der Waals surface area contributed by atoms with Crippen LogP contribution in [0.15, 0.2) is 22.7 Å². The van der Waals surface area contributed by atoms with Crippen molar-refractivity contribution < 1.29 is 18.8 Å². The van der Waals surface area contributed by atoms with Crippen LogP contribution in [0.1, 0.15) is 41.5 Å². The fourth-order valence-corrected chi connectivity index (χ4v) is 2.68. The van der Waals surface area contributed by atoms with Gasteiger partial charge in [-0.25, -0.2) is 0 Å². The van der Waals surface area contributed by atoms with E-state index in [1.54, 1.807) is 0 Å². The number of hydrogen-bond acceptors (Lipinski definition) is 5. The lowest BCUT2D eigenvalue weighted by molar-refractivity contribution is -0.147. The number of esters is 1. The van der Waals surface area contributed by atoms with Crippen LogP contribution in [0.25, 0.3) is 0 Å². The second kappa shape index (κ2) is 8.46. The van der Waals surface area contributed by atoms with Crippen LogP contribution in [0, 0.1) is 20.8 Å². The molecule has 0 aliphatic heterocycles. The van der Waals surface area contributed by atoms with E-state index in [-0.39, 0.29) is 18.9 Å². The molecule has 6 heteroatoms. The van der Waals surface area contributed by atoms with Crippen molar-refractivity contribution in [2.75, 3.05) is 11.9 Å². The van der Waals surface area contributed by atoms with Gasteiger partial charge in [0.2, 0.25) is 0 Å². The highest BCUT2D eigenvalue weighted by Crippen LogP contribution is 2.21. The highest BCUT2D eigenvalue weighted by atomic mass is 16.5. The third-order valence-corrected chi connectivity index (χ3v) is 4.13. The predicted molar refractivity (Wildman–Crippen MR) is 94.4 cm³/mol. The van der Waals surface area contributed by atoms with Crippen molar-refractivity contribution in [1.29, 1.82) is 0 Å². The number of benzene rings is 1. The van der Waals surface area contributed by atoms with E-state index in [4.69, 9.17) is 9.26 Å². The van der Waals surface area contributed by atoms with Gasteiger partial charge in [0, 0.05) is 17.7 Å². The van der Waals surface area contributed by atoms with Gasteiger partial charge in [-0.2, -0.15) is 0 Å². The Labute approximate surface area is 147 Å². The Morgan fingerprint density at radius 3 is 2.64 bits per heavy atom. The van der Waals surface area contributed by atoms with Crippen molar-refractivity contribution in [2.24, 2.45) is 0 Å². The Hall–Kier alpha value is -2.63. The minimum atomic E-state index is -0.421. The topological polar surface area (TPSA) is 81.4 Å². The second-order valence-corrected chi connectivity index (χ2v) is 5.97. The molecule has 134 valence electrons. The number of anilines is 1. The first-order valence-corrected chi connectivity index (χ1v) is 8.38. The summed E-state index contributed by atoms with van der Waals surface area (Å²) in [6, 6.07) is 5.86. The maximum Gasteiger partial charge on any atom is 0.306 e. The summed E-state index contributed by atoms with van der Waals surface area (Å²) in [5.74, 6) is -0.0555. The predicted octanol–water partition coefficient (Wildman–Crippen LogP) is 3.28. The van der Waals surface area contributed by atoms with Crippen molar-refractivity contribution in [3.63, 3.8) is 0 Å². The monoisotopic (exact) mass is 344 g/mol. The van der Waals surface area contributed by atoms with E-state index in [9.17, 15) is 9.59 Å². The summed E-state index contributed by atoms with van der Waals surface area (Å²) < 4.78 is 10.1.